The molecule has 1 aliphatic heterocycles. The molecule has 0 radical (unpaired) electrons. The fraction of sp³-hybridized carbons (Fsp3) is 0.320. The monoisotopic (exact) mass is 520 g/mol. The first-order valence-corrected chi connectivity index (χ1v) is 13.7. The molecule has 1 unspecified atom stereocenters. The summed E-state index contributed by atoms with van der Waals surface area (Å²) in [5.41, 5.74) is 1.80. The van der Waals surface area contributed by atoms with Crippen LogP contribution in [0.4, 0.5) is 4.39 Å². The van der Waals surface area contributed by atoms with E-state index in [1.54, 1.807) is 28.4 Å². The smallest absolute Gasteiger partial charge is 0.243 e. The van der Waals surface area contributed by atoms with Gasteiger partial charge in [0.25, 0.3) is 0 Å². The van der Waals surface area contributed by atoms with Gasteiger partial charge in [0, 0.05) is 23.0 Å². The van der Waals surface area contributed by atoms with Crippen LogP contribution >= 0.6 is 22.9 Å². The molecule has 0 aliphatic carbocycles. The zero-order valence-electron chi connectivity index (χ0n) is 18.9. The third kappa shape index (κ3) is 5.20. The zero-order valence-corrected chi connectivity index (χ0v) is 21.3. The van der Waals surface area contributed by atoms with Gasteiger partial charge in [-0.15, -0.1) is 11.3 Å². The van der Waals surface area contributed by atoms with Gasteiger partial charge in [-0.3, -0.25) is 4.79 Å². The highest BCUT2D eigenvalue weighted by atomic mass is 35.5. The lowest BCUT2D eigenvalue weighted by molar-refractivity contribution is -0.133. The Bertz CT molecular complexity index is 1260. The second-order valence-corrected chi connectivity index (χ2v) is 12.1. The number of amides is 1. The van der Waals surface area contributed by atoms with Gasteiger partial charge in [-0.05, 0) is 71.3 Å². The Morgan fingerprint density at radius 1 is 1.15 bits per heavy atom. The van der Waals surface area contributed by atoms with E-state index < -0.39 is 10.0 Å². The van der Waals surface area contributed by atoms with Gasteiger partial charge < -0.3 is 4.90 Å². The number of benzene rings is 2. The average Bonchev–Trinajstić information content (AvgIpc) is 3.27. The van der Waals surface area contributed by atoms with E-state index in [0.29, 0.717) is 18.0 Å². The van der Waals surface area contributed by atoms with Gasteiger partial charge in [-0.2, -0.15) is 4.31 Å². The van der Waals surface area contributed by atoms with Gasteiger partial charge in [0.15, 0.2) is 0 Å². The number of carbonyl (C=O) groups excluding carboxylic acids is 1. The molecule has 0 saturated heterocycles. The Balaban J connectivity index is 1.66. The molecule has 2 heterocycles. The van der Waals surface area contributed by atoms with Gasteiger partial charge in [0.2, 0.25) is 15.9 Å². The van der Waals surface area contributed by atoms with Crippen LogP contribution in [0.25, 0.3) is 0 Å². The third-order valence-corrected chi connectivity index (χ3v) is 8.88. The number of rotatable bonds is 7. The van der Waals surface area contributed by atoms with Gasteiger partial charge in [0.05, 0.1) is 17.5 Å². The molecule has 0 saturated carbocycles. The first-order valence-electron chi connectivity index (χ1n) is 11.0. The van der Waals surface area contributed by atoms with Crippen LogP contribution in [0.15, 0.2) is 64.9 Å². The molecule has 34 heavy (non-hydrogen) atoms. The van der Waals surface area contributed by atoms with Crippen LogP contribution < -0.4 is 0 Å². The SMILES string of the molecule is CC(C)CN(CC(=O)N1CCc2sccc2C1c1ccc(F)cc1)S(=O)(=O)c1ccc(Cl)cc1. The van der Waals surface area contributed by atoms with Crippen molar-refractivity contribution in [2.24, 2.45) is 5.92 Å². The largest absolute Gasteiger partial charge is 0.330 e. The minimum atomic E-state index is -3.90. The number of sulfonamides is 1. The summed E-state index contributed by atoms with van der Waals surface area (Å²) in [6, 6.07) is 13.7. The van der Waals surface area contributed by atoms with E-state index in [1.807, 2.05) is 25.3 Å². The van der Waals surface area contributed by atoms with E-state index in [2.05, 4.69) is 0 Å². The van der Waals surface area contributed by atoms with Crippen molar-refractivity contribution in [3.63, 3.8) is 0 Å². The predicted molar refractivity (Wildman–Crippen MR) is 133 cm³/mol. The molecule has 0 spiro atoms. The molecule has 9 heteroatoms. The van der Waals surface area contributed by atoms with E-state index >= 15 is 0 Å². The van der Waals surface area contributed by atoms with Crippen molar-refractivity contribution < 1.29 is 17.6 Å². The van der Waals surface area contributed by atoms with Crippen molar-refractivity contribution in [1.82, 2.24) is 9.21 Å². The fourth-order valence-electron chi connectivity index (χ4n) is 4.24. The maximum atomic E-state index is 13.6. The lowest BCUT2D eigenvalue weighted by atomic mass is 9.93. The summed E-state index contributed by atoms with van der Waals surface area (Å²) in [5, 5.41) is 2.43. The van der Waals surface area contributed by atoms with E-state index in [1.165, 1.54) is 45.6 Å². The van der Waals surface area contributed by atoms with Crippen molar-refractivity contribution in [1.29, 1.82) is 0 Å². The van der Waals surface area contributed by atoms with E-state index in [-0.39, 0.29) is 41.7 Å². The van der Waals surface area contributed by atoms with E-state index in [9.17, 15) is 17.6 Å². The van der Waals surface area contributed by atoms with Crippen molar-refractivity contribution >= 4 is 38.9 Å². The van der Waals surface area contributed by atoms with E-state index in [4.69, 9.17) is 11.6 Å². The predicted octanol–water partition coefficient (Wildman–Crippen LogP) is 5.36. The summed E-state index contributed by atoms with van der Waals surface area (Å²) in [6.07, 6.45) is 0.699. The number of nitrogens with zero attached hydrogens (tertiary/aromatic N) is 2. The Labute approximate surface area is 208 Å². The zero-order chi connectivity index (χ0) is 24.5. The summed E-state index contributed by atoms with van der Waals surface area (Å²) < 4.78 is 41.7. The van der Waals surface area contributed by atoms with Gasteiger partial charge in [-0.1, -0.05) is 37.6 Å². The minimum Gasteiger partial charge on any atom is -0.330 e. The second kappa shape index (κ2) is 10.2. The van der Waals surface area contributed by atoms with Crippen LogP contribution in [0.5, 0.6) is 0 Å². The molecule has 180 valence electrons. The average molecular weight is 521 g/mol. The molecule has 5 nitrogen and oxygen atoms in total. The van der Waals surface area contributed by atoms with E-state index in [0.717, 1.165) is 11.1 Å². The summed E-state index contributed by atoms with van der Waals surface area (Å²) in [7, 11) is -3.90. The molecule has 1 amide bonds. The maximum Gasteiger partial charge on any atom is 0.243 e. The van der Waals surface area contributed by atoms with Gasteiger partial charge in [0.1, 0.15) is 5.82 Å². The molecular weight excluding hydrogens is 495 g/mol. The topological polar surface area (TPSA) is 57.7 Å². The number of thiophene rings is 1. The van der Waals surface area contributed by atoms with Crippen LogP contribution in [0.2, 0.25) is 5.02 Å². The number of fused-ring (bicyclic) bond motifs is 1. The molecule has 3 aromatic rings. The molecule has 0 fully saturated rings. The third-order valence-electron chi connectivity index (χ3n) is 5.80. The molecule has 1 aliphatic rings. The number of carbonyl (C=O) groups is 1. The first-order chi connectivity index (χ1) is 16.2. The normalized spacial score (nSPS) is 16.2. The standard InChI is InChI=1S/C25H26ClFN2O3S2/c1-17(2)15-28(34(31,32)21-9-5-19(26)6-10-21)16-24(30)29-13-11-23-22(12-14-33-23)25(29)18-3-7-20(27)8-4-18/h3-10,12,14,17,25H,11,13,15-16H2,1-2H3. The second-order valence-electron chi connectivity index (χ2n) is 8.74. The highest BCUT2D eigenvalue weighted by Gasteiger charge is 2.35. The maximum absolute atomic E-state index is 13.6. The summed E-state index contributed by atoms with van der Waals surface area (Å²) in [6.45, 7) is 4.21. The van der Waals surface area contributed by atoms with Crippen LogP contribution in [-0.4, -0.2) is 43.2 Å². The highest BCUT2D eigenvalue weighted by Crippen LogP contribution is 2.38. The Morgan fingerprint density at radius 2 is 1.82 bits per heavy atom. The van der Waals surface area contributed by atoms with Crippen LogP contribution in [-0.2, 0) is 21.2 Å². The quantitative estimate of drug-likeness (QED) is 0.421. The molecule has 0 bridgehead atoms. The Kier molecular flexibility index (Phi) is 7.42. The number of hydrogen-bond acceptors (Lipinski definition) is 4. The number of hydrogen-bond donors (Lipinski definition) is 0. The van der Waals surface area contributed by atoms with Crippen LogP contribution in [0.3, 0.4) is 0 Å². The van der Waals surface area contributed by atoms with Crippen molar-refractivity contribution in [2.75, 3.05) is 19.6 Å². The highest BCUT2D eigenvalue weighted by molar-refractivity contribution is 7.89. The molecular formula is C25H26ClFN2O3S2. The summed E-state index contributed by atoms with van der Waals surface area (Å²) >= 11 is 7.57. The molecule has 1 aromatic heterocycles. The number of halogens is 2. The lowest BCUT2D eigenvalue weighted by Gasteiger charge is -2.37. The van der Waals surface area contributed by atoms with Gasteiger partial charge >= 0.3 is 0 Å². The molecule has 4 rings (SSSR count). The fourth-order valence-corrected chi connectivity index (χ4v) is 6.82. The Morgan fingerprint density at radius 3 is 2.47 bits per heavy atom. The van der Waals surface area contributed by atoms with Gasteiger partial charge in [-0.25, -0.2) is 12.8 Å². The molecule has 0 N–H and O–H groups in total. The van der Waals surface area contributed by atoms with Crippen molar-refractivity contribution in [2.45, 2.75) is 31.2 Å². The molecule has 1 atom stereocenters. The van der Waals surface area contributed by atoms with Crippen LogP contribution in [0.1, 0.15) is 35.9 Å². The van der Waals surface area contributed by atoms with Crippen LogP contribution in [0, 0.1) is 11.7 Å². The Hall–Kier alpha value is -2.26. The minimum absolute atomic E-state index is 0.0209. The summed E-state index contributed by atoms with van der Waals surface area (Å²) in [4.78, 5) is 16.6. The first kappa shape index (κ1) is 24.9. The summed E-state index contributed by atoms with van der Waals surface area (Å²) in [5.74, 6) is -0.614. The van der Waals surface area contributed by atoms with Crippen molar-refractivity contribution in [3.8, 4) is 0 Å². The molecule has 2 aromatic carbocycles. The van der Waals surface area contributed by atoms with Crippen molar-refractivity contribution in [3.05, 3.63) is 86.8 Å². The lowest BCUT2D eigenvalue weighted by Crippen LogP contribution is -2.47.